The first-order valence-electron chi connectivity index (χ1n) is 9.43. The quantitative estimate of drug-likeness (QED) is 0.378. The predicted molar refractivity (Wildman–Crippen MR) is 116 cm³/mol. The molecule has 0 unspecified atom stereocenters. The molecule has 0 heterocycles. The molecule has 1 N–H and O–H groups in total. The molecule has 0 atom stereocenters. The Kier molecular flexibility index (Phi) is 8.36. The topological polar surface area (TPSA) is 124 Å². The summed E-state index contributed by atoms with van der Waals surface area (Å²) in [6.45, 7) is 2.29. The van der Waals surface area contributed by atoms with Gasteiger partial charge in [-0.2, -0.15) is 5.26 Å². The fourth-order valence-corrected chi connectivity index (χ4v) is 2.73. The minimum atomic E-state index is -0.785. The van der Waals surface area contributed by atoms with E-state index in [-0.39, 0.29) is 22.4 Å². The van der Waals surface area contributed by atoms with E-state index in [1.165, 1.54) is 45.6 Å². The molecule has 0 aromatic heterocycles. The zero-order valence-electron chi connectivity index (χ0n) is 18.1. The second-order valence-electron chi connectivity index (χ2n) is 6.21. The lowest BCUT2D eigenvalue weighted by atomic mass is 10.1. The third-order valence-corrected chi connectivity index (χ3v) is 4.26. The Bertz CT molecular complexity index is 1100. The van der Waals surface area contributed by atoms with Crippen LogP contribution in [0.1, 0.15) is 33.2 Å². The van der Waals surface area contributed by atoms with Crippen molar-refractivity contribution in [1.29, 1.82) is 5.26 Å². The highest BCUT2D eigenvalue weighted by molar-refractivity contribution is 6.12. The van der Waals surface area contributed by atoms with E-state index in [0.29, 0.717) is 23.7 Å². The Morgan fingerprint density at radius 1 is 1.00 bits per heavy atom. The smallest absolute Gasteiger partial charge is 0.339 e. The first-order valence-corrected chi connectivity index (χ1v) is 9.43. The maximum atomic E-state index is 12.8. The molecule has 9 nitrogen and oxygen atoms in total. The number of hydrogen-bond acceptors (Lipinski definition) is 8. The normalized spacial score (nSPS) is 10.5. The van der Waals surface area contributed by atoms with Crippen molar-refractivity contribution >= 4 is 29.6 Å². The second kappa shape index (κ2) is 11.2. The third-order valence-electron chi connectivity index (χ3n) is 4.26. The maximum absolute atomic E-state index is 12.8. The fourth-order valence-electron chi connectivity index (χ4n) is 2.73. The van der Waals surface area contributed by atoms with Crippen molar-refractivity contribution in [2.45, 2.75) is 6.92 Å². The van der Waals surface area contributed by atoms with Crippen LogP contribution < -0.4 is 14.8 Å². The van der Waals surface area contributed by atoms with Gasteiger partial charge in [0.15, 0.2) is 11.5 Å². The van der Waals surface area contributed by atoms with Crippen molar-refractivity contribution < 1.29 is 33.3 Å². The van der Waals surface area contributed by atoms with Gasteiger partial charge in [-0.25, -0.2) is 9.59 Å². The van der Waals surface area contributed by atoms with Crippen LogP contribution in [0.2, 0.25) is 0 Å². The minimum absolute atomic E-state index is 0.00447. The number of ether oxygens (including phenoxy) is 4. The van der Waals surface area contributed by atoms with E-state index in [4.69, 9.17) is 14.2 Å². The van der Waals surface area contributed by atoms with Gasteiger partial charge in [-0.15, -0.1) is 0 Å². The molecular formula is C23H22N2O7. The summed E-state index contributed by atoms with van der Waals surface area (Å²) in [5.74, 6) is -1.20. The number of nitrogens with one attached hydrogen (secondary N) is 1. The van der Waals surface area contributed by atoms with E-state index < -0.39 is 17.8 Å². The standard InChI is InChI=1S/C23H22N2O7/c1-5-32-19-9-6-14(11-20(19)29-2)10-16(13-24)21(26)25-18-12-15(22(27)30-3)7-8-17(18)23(28)31-4/h6-12H,5H2,1-4H3,(H,25,26)/b16-10+. The Morgan fingerprint density at radius 3 is 2.31 bits per heavy atom. The first-order chi connectivity index (χ1) is 15.4. The van der Waals surface area contributed by atoms with Crippen LogP contribution >= 0.6 is 0 Å². The number of amides is 1. The maximum Gasteiger partial charge on any atom is 0.339 e. The van der Waals surface area contributed by atoms with Crippen molar-refractivity contribution in [2.24, 2.45) is 0 Å². The molecule has 2 rings (SSSR count). The molecule has 9 heteroatoms. The van der Waals surface area contributed by atoms with E-state index in [0.717, 1.165) is 0 Å². The number of benzene rings is 2. The Morgan fingerprint density at radius 2 is 1.72 bits per heavy atom. The molecular weight excluding hydrogens is 416 g/mol. The van der Waals surface area contributed by atoms with Gasteiger partial charge >= 0.3 is 11.9 Å². The van der Waals surface area contributed by atoms with Gasteiger partial charge in [0.2, 0.25) is 0 Å². The van der Waals surface area contributed by atoms with Crippen LogP contribution in [0.25, 0.3) is 6.08 Å². The summed E-state index contributed by atoms with van der Waals surface area (Å²) in [7, 11) is 3.87. The van der Waals surface area contributed by atoms with Crippen LogP contribution in [-0.2, 0) is 14.3 Å². The third kappa shape index (κ3) is 5.64. The largest absolute Gasteiger partial charge is 0.493 e. The number of nitrogens with zero attached hydrogens (tertiary/aromatic N) is 1. The van der Waals surface area contributed by atoms with Crippen LogP contribution in [-0.4, -0.2) is 45.8 Å². The monoisotopic (exact) mass is 438 g/mol. The molecule has 0 saturated heterocycles. The van der Waals surface area contributed by atoms with Gasteiger partial charge in [-0.3, -0.25) is 4.79 Å². The number of esters is 2. The zero-order valence-corrected chi connectivity index (χ0v) is 18.1. The number of anilines is 1. The van der Waals surface area contributed by atoms with E-state index in [1.807, 2.05) is 13.0 Å². The lowest BCUT2D eigenvalue weighted by Gasteiger charge is -2.12. The first kappa shape index (κ1) is 24.0. The molecule has 0 aliphatic carbocycles. The molecule has 0 aliphatic rings. The predicted octanol–water partition coefficient (Wildman–Crippen LogP) is 3.21. The molecule has 0 fully saturated rings. The molecule has 0 bridgehead atoms. The molecule has 0 saturated carbocycles. The van der Waals surface area contributed by atoms with Crippen molar-refractivity contribution in [1.82, 2.24) is 0 Å². The summed E-state index contributed by atoms with van der Waals surface area (Å²) < 4.78 is 20.1. The summed E-state index contributed by atoms with van der Waals surface area (Å²) in [6.07, 6.45) is 1.36. The van der Waals surface area contributed by atoms with Crippen LogP contribution in [0, 0.1) is 11.3 Å². The van der Waals surface area contributed by atoms with Gasteiger partial charge in [0, 0.05) is 0 Å². The SMILES string of the molecule is CCOc1ccc(/C=C(\C#N)C(=O)Nc2cc(C(=O)OC)ccc2C(=O)OC)cc1OC. The van der Waals surface area contributed by atoms with E-state index in [1.54, 1.807) is 18.2 Å². The average molecular weight is 438 g/mol. The molecule has 0 aliphatic heterocycles. The molecule has 166 valence electrons. The second-order valence-corrected chi connectivity index (χ2v) is 6.21. The van der Waals surface area contributed by atoms with Crippen LogP contribution in [0.5, 0.6) is 11.5 Å². The van der Waals surface area contributed by atoms with Gasteiger partial charge in [-0.05, 0) is 48.9 Å². The number of methoxy groups -OCH3 is 3. The lowest BCUT2D eigenvalue weighted by Crippen LogP contribution is -2.17. The molecule has 0 spiro atoms. The van der Waals surface area contributed by atoms with Crippen molar-refractivity contribution in [3.8, 4) is 17.6 Å². The summed E-state index contributed by atoms with van der Waals surface area (Å²) in [4.78, 5) is 36.6. The fraction of sp³-hybridized carbons (Fsp3) is 0.217. The molecule has 2 aromatic rings. The van der Waals surface area contributed by atoms with Crippen molar-refractivity contribution in [3.05, 3.63) is 58.7 Å². The number of nitriles is 1. The number of hydrogen-bond donors (Lipinski definition) is 1. The van der Waals surface area contributed by atoms with Crippen LogP contribution in [0.3, 0.4) is 0 Å². The summed E-state index contributed by atoms with van der Waals surface area (Å²) in [5, 5.41) is 12.0. The number of carbonyl (C=O) groups is 3. The van der Waals surface area contributed by atoms with Gasteiger partial charge in [0.25, 0.3) is 5.91 Å². The summed E-state index contributed by atoms with van der Waals surface area (Å²) >= 11 is 0. The van der Waals surface area contributed by atoms with E-state index >= 15 is 0 Å². The minimum Gasteiger partial charge on any atom is -0.493 e. The van der Waals surface area contributed by atoms with Crippen molar-refractivity contribution in [3.63, 3.8) is 0 Å². The van der Waals surface area contributed by atoms with Crippen LogP contribution in [0.4, 0.5) is 5.69 Å². The summed E-state index contributed by atoms with van der Waals surface area (Å²) in [5.41, 5.74) is 0.391. The molecule has 32 heavy (non-hydrogen) atoms. The van der Waals surface area contributed by atoms with Gasteiger partial charge in [0.05, 0.1) is 44.8 Å². The number of carbonyl (C=O) groups excluding carboxylic acids is 3. The average Bonchev–Trinajstić information content (AvgIpc) is 2.82. The molecule has 0 radical (unpaired) electrons. The van der Waals surface area contributed by atoms with E-state index in [2.05, 4.69) is 10.1 Å². The zero-order chi connectivity index (χ0) is 23.7. The Balaban J connectivity index is 2.40. The van der Waals surface area contributed by atoms with Gasteiger partial charge in [-0.1, -0.05) is 6.07 Å². The van der Waals surface area contributed by atoms with Gasteiger partial charge < -0.3 is 24.3 Å². The van der Waals surface area contributed by atoms with Crippen molar-refractivity contribution in [2.75, 3.05) is 33.3 Å². The number of rotatable bonds is 8. The molecule has 2 aromatic carbocycles. The Labute approximate surface area is 185 Å². The highest BCUT2D eigenvalue weighted by Gasteiger charge is 2.19. The summed E-state index contributed by atoms with van der Waals surface area (Å²) in [6, 6.07) is 10.7. The van der Waals surface area contributed by atoms with Crippen LogP contribution in [0.15, 0.2) is 42.0 Å². The van der Waals surface area contributed by atoms with E-state index in [9.17, 15) is 19.6 Å². The molecule has 1 amide bonds. The van der Waals surface area contributed by atoms with Gasteiger partial charge in [0.1, 0.15) is 11.6 Å². The Hall–Kier alpha value is -4.32. The lowest BCUT2D eigenvalue weighted by molar-refractivity contribution is -0.112. The highest BCUT2D eigenvalue weighted by Crippen LogP contribution is 2.29. The highest BCUT2D eigenvalue weighted by atomic mass is 16.5.